The van der Waals surface area contributed by atoms with E-state index >= 15 is 0 Å². The van der Waals surface area contributed by atoms with Crippen molar-refractivity contribution in [3.05, 3.63) is 60.2 Å². The van der Waals surface area contributed by atoms with Crippen molar-refractivity contribution in [2.75, 3.05) is 13.2 Å². The van der Waals surface area contributed by atoms with E-state index in [4.69, 9.17) is 4.74 Å². The van der Waals surface area contributed by atoms with Gasteiger partial charge >= 0.3 is 0 Å². The maximum Gasteiger partial charge on any atom is 0.257 e. The highest BCUT2D eigenvalue weighted by atomic mass is 32.2. The number of hydrogen-bond acceptors (Lipinski definition) is 4. The van der Waals surface area contributed by atoms with Crippen LogP contribution in [-0.2, 0) is 21.4 Å². The lowest BCUT2D eigenvalue weighted by Crippen LogP contribution is -2.29. The van der Waals surface area contributed by atoms with Gasteiger partial charge in [0.25, 0.3) is 5.91 Å². The fourth-order valence-corrected chi connectivity index (χ4v) is 3.05. The van der Waals surface area contributed by atoms with Crippen molar-refractivity contribution in [2.24, 2.45) is 0 Å². The third kappa shape index (κ3) is 6.21. The van der Waals surface area contributed by atoms with Crippen LogP contribution in [0.2, 0.25) is 0 Å². The highest BCUT2D eigenvalue weighted by Gasteiger charge is 2.13. The van der Waals surface area contributed by atoms with Crippen molar-refractivity contribution in [3.63, 3.8) is 0 Å². The summed E-state index contributed by atoms with van der Waals surface area (Å²) in [5.74, 6) is 0.233. The number of ether oxygens (including phenoxy) is 1. The van der Waals surface area contributed by atoms with E-state index in [9.17, 15) is 13.2 Å². The summed E-state index contributed by atoms with van der Waals surface area (Å²) >= 11 is 0. The normalized spacial score (nSPS) is 11.1. The Morgan fingerprint density at radius 2 is 1.72 bits per heavy atom. The van der Waals surface area contributed by atoms with E-state index < -0.39 is 10.0 Å². The van der Waals surface area contributed by atoms with Crippen LogP contribution < -0.4 is 14.8 Å². The molecule has 2 aromatic carbocycles. The van der Waals surface area contributed by atoms with Gasteiger partial charge in [0, 0.05) is 13.1 Å². The van der Waals surface area contributed by atoms with E-state index in [1.54, 1.807) is 0 Å². The van der Waals surface area contributed by atoms with Crippen molar-refractivity contribution >= 4 is 15.9 Å². The van der Waals surface area contributed by atoms with Crippen LogP contribution in [0.4, 0.5) is 0 Å². The van der Waals surface area contributed by atoms with Crippen LogP contribution in [-0.4, -0.2) is 27.5 Å². The predicted molar refractivity (Wildman–Crippen MR) is 95.7 cm³/mol. The number of carbonyl (C=O) groups is 1. The Hall–Kier alpha value is -2.38. The van der Waals surface area contributed by atoms with Gasteiger partial charge in [0.1, 0.15) is 5.75 Å². The first kappa shape index (κ1) is 19.0. The van der Waals surface area contributed by atoms with E-state index in [0.29, 0.717) is 12.3 Å². The highest BCUT2D eigenvalue weighted by Crippen LogP contribution is 2.16. The van der Waals surface area contributed by atoms with Gasteiger partial charge in [0.2, 0.25) is 10.0 Å². The molecule has 0 aliphatic heterocycles. The van der Waals surface area contributed by atoms with Gasteiger partial charge in [-0.2, -0.15) is 0 Å². The summed E-state index contributed by atoms with van der Waals surface area (Å²) in [6.45, 7) is 2.69. The van der Waals surface area contributed by atoms with Crippen LogP contribution in [0.15, 0.2) is 59.5 Å². The molecule has 0 aliphatic carbocycles. The van der Waals surface area contributed by atoms with Crippen LogP contribution in [0.5, 0.6) is 5.75 Å². The second-order valence-corrected chi connectivity index (χ2v) is 7.19. The lowest BCUT2D eigenvalue weighted by molar-refractivity contribution is -0.123. The first-order valence-corrected chi connectivity index (χ1v) is 9.53. The monoisotopic (exact) mass is 362 g/mol. The van der Waals surface area contributed by atoms with E-state index in [2.05, 4.69) is 10.0 Å². The maximum absolute atomic E-state index is 12.3. The molecule has 25 heavy (non-hydrogen) atoms. The standard InChI is InChI=1S/C18H22N2O4S/c1-2-12-19-18(21)14-24-16-8-10-17(11-9-16)25(22,23)20-13-15-6-4-3-5-7-15/h3-11,20H,2,12-14H2,1H3,(H,19,21). The molecule has 0 radical (unpaired) electrons. The molecule has 0 aliphatic rings. The Balaban J connectivity index is 1.90. The number of nitrogens with one attached hydrogen (secondary N) is 2. The molecule has 2 N–H and O–H groups in total. The zero-order valence-corrected chi connectivity index (χ0v) is 14.9. The Bertz CT molecular complexity index is 774. The predicted octanol–water partition coefficient (Wildman–Crippen LogP) is 2.07. The van der Waals surface area contributed by atoms with Crippen molar-refractivity contribution in [1.29, 1.82) is 0 Å². The SMILES string of the molecule is CCCNC(=O)COc1ccc(S(=O)(=O)NCc2ccccc2)cc1. The number of hydrogen-bond donors (Lipinski definition) is 2. The minimum absolute atomic E-state index is 0.0989. The van der Waals surface area contributed by atoms with Crippen molar-refractivity contribution < 1.29 is 17.9 Å². The van der Waals surface area contributed by atoms with Gasteiger partial charge in [-0.3, -0.25) is 4.79 Å². The van der Waals surface area contributed by atoms with Gasteiger partial charge in [0.05, 0.1) is 4.90 Å². The summed E-state index contributed by atoms with van der Waals surface area (Å²) < 4.78 is 32.5. The minimum atomic E-state index is -3.60. The van der Waals surface area contributed by atoms with Gasteiger partial charge in [-0.05, 0) is 36.2 Å². The molecular formula is C18H22N2O4S. The average Bonchev–Trinajstić information content (AvgIpc) is 2.64. The lowest BCUT2D eigenvalue weighted by Gasteiger charge is -2.09. The largest absolute Gasteiger partial charge is 0.484 e. The molecule has 0 saturated carbocycles. The van der Waals surface area contributed by atoms with Crippen molar-refractivity contribution in [1.82, 2.24) is 10.0 Å². The van der Waals surface area contributed by atoms with E-state index in [0.717, 1.165) is 12.0 Å². The number of amides is 1. The number of benzene rings is 2. The van der Waals surface area contributed by atoms with Gasteiger partial charge in [0.15, 0.2) is 6.61 Å². The Morgan fingerprint density at radius 3 is 2.36 bits per heavy atom. The summed E-state index contributed by atoms with van der Waals surface area (Å²) in [7, 11) is -3.60. The molecule has 0 heterocycles. The minimum Gasteiger partial charge on any atom is -0.484 e. The molecule has 0 unspecified atom stereocenters. The summed E-state index contributed by atoms with van der Waals surface area (Å²) in [5.41, 5.74) is 0.879. The average molecular weight is 362 g/mol. The van der Waals surface area contributed by atoms with Crippen LogP contribution in [0.25, 0.3) is 0 Å². The Morgan fingerprint density at radius 1 is 1.04 bits per heavy atom. The molecule has 0 atom stereocenters. The fourth-order valence-electron chi connectivity index (χ4n) is 2.04. The van der Waals surface area contributed by atoms with Gasteiger partial charge < -0.3 is 10.1 Å². The summed E-state index contributed by atoms with van der Waals surface area (Å²) in [6, 6.07) is 15.2. The molecule has 0 spiro atoms. The van der Waals surface area contributed by atoms with Crippen molar-refractivity contribution in [2.45, 2.75) is 24.8 Å². The van der Waals surface area contributed by atoms with Crippen LogP contribution >= 0.6 is 0 Å². The van der Waals surface area contributed by atoms with Crippen LogP contribution in [0.1, 0.15) is 18.9 Å². The zero-order valence-electron chi connectivity index (χ0n) is 14.1. The van der Waals surface area contributed by atoms with Gasteiger partial charge in [-0.1, -0.05) is 37.3 Å². The molecule has 134 valence electrons. The molecule has 0 bridgehead atoms. The van der Waals surface area contributed by atoms with E-state index in [1.807, 2.05) is 37.3 Å². The van der Waals surface area contributed by atoms with Crippen LogP contribution in [0, 0.1) is 0 Å². The van der Waals surface area contributed by atoms with Gasteiger partial charge in [-0.15, -0.1) is 0 Å². The molecule has 0 saturated heterocycles. The third-order valence-electron chi connectivity index (χ3n) is 3.39. The summed E-state index contributed by atoms with van der Waals surface area (Å²) in [4.78, 5) is 11.6. The summed E-state index contributed by atoms with van der Waals surface area (Å²) in [6.07, 6.45) is 0.855. The van der Waals surface area contributed by atoms with Gasteiger partial charge in [-0.25, -0.2) is 13.1 Å². The van der Waals surface area contributed by atoms with Crippen LogP contribution in [0.3, 0.4) is 0 Å². The molecule has 1 amide bonds. The first-order valence-electron chi connectivity index (χ1n) is 8.04. The topological polar surface area (TPSA) is 84.5 Å². The second kappa shape index (κ2) is 9.19. The highest BCUT2D eigenvalue weighted by molar-refractivity contribution is 7.89. The van der Waals surface area contributed by atoms with E-state index in [1.165, 1.54) is 24.3 Å². The third-order valence-corrected chi connectivity index (χ3v) is 4.80. The smallest absolute Gasteiger partial charge is 0.257 e. The first-order chi connectivity index (χ1) is 12.0. The summed E-state index contributed by atoms with van der Waals surface area (Å²) in [5, 5.41) is 2.70. The molecule has 7 heteroatoms. The van der Waals surface area contributed by atoms with E-state index in [-0.39, 0.29) is 24.0 Å². The lowest BCUT2D eigenvalue weighted by atomic mass is 10.2. The maximum atomic E-state index is 12.3. The molecule has 2 rings (SSSR count). The second-order valence-electron chi connectivity index (χ2n) is 5.42. The molecule has 6 nitrogen and oxygen atoms in total. The number of rotatable bonds is 9. The Labute approximate surface area is 148 Å². The van der Waals surface area contributed by atoms with Crippen molar-refractivity contribution in [3.8, 4) is 5.75 Å². The number of carbonyl (C=O) groups excluding carboxylic acids is 1. The zero-order chi connectivity index (χ0) is 18.1. The fraction of sp³-hybridized carbons (Fsp3) is 0.278. The quantitative estimate of drug-likeness (QED) is 0.715. The molecule has 0 aromatic heterocycles. The molecule has 0 fully saturated rings. The molecule has 2 aromatic rings. The Kier molecular flexibility index (Phi) is 6.97. The number of sulfonamides is 1. The molecular weight excluding hydrogens is 340 g/mol.